The molecule has 0 bridgehead atoms. The van der Waals surface area contributed by atoms with Gasteiger partial charge in [-0.25, -0.2) is 4.98 Å². The Kier molecular flexibility index (Phi) is 3.39. The Morgan fingerprint density at radius 3 is 2.65 bits per heavy atom. The predicted molar refractivity (Wildman–Crippen MR) is 61.9 cm³/mol. The van der Waals surface area contributed by atoms with Gasteiger partial charge in [0, 0.05) is 10.9 Å². The van der Waals surface area contributed by atoms with Crippen LogP contribution < -0.4 is 4.74 Å². The highest BCUT2D eigenvalue weighted by atomic mass is 79.9. The van der Waals surface area contributed by atoms with Gasteiger partial charge < -0.3 is 4.74 Å². The number of halogens is 4. The summed E-state index contributed by atoms with van der Waals surface area (Å²) in [5, 5.41) is 1.75. The van der Waals surface area contributed by atoms with Crippen LogP contribution in [-0.2, 0) is 0 Å². The SMILES string of the molecule is FC(F)(F)Oc1cccc(-c2csc(Br)n2)c1. The van der Waals surface area contributed by atoms with Gasteiger partial charge in [0.05, 0.1) is 5.69 Å². The number of hydrogen-bond donors (Lipinski definition) is 0. The first-order chi connectivity index (χ1) is 7.94. The molecule has 0 radical (unpaired) electrons. The molecule has 0 aliphatic heterocycles. The monoisotopic (exact) mass is 323 g/mol. The van der Waals surface area contributed by atoms with E-state index >= 15 is 0 Å². The molecule has 2 rings (SSSR count). The molecule has 0 spiro atoms. The van der Waals surface area contributed by atoms with E-state index in [9.17, 15) is 13.2 Å². The van der Waals surface area contributed by atoms with Crippen LogP contribution >= 0.6 is 27.3 Å². The maximum absolute atomic E-state index is 12.0. The van der Waals surface area contributed by atoms with Crippen molar-refractivity contribution in [2.45, 2.75) is 6.36 Å². The molecule has 0 saturated carbocycles. The summed E-state index contributed by atoms with van der Waals surface area (Å²) < 4.78 is 40.6. The normalized spacial score (nSPS) is 11.5. The van der Waals surface area contributed by atoms with Crippen LogP contribution in [0.15, 0.2) is 33.6 Å². The van der Waals surface area contributed by atoms with Gasteiger partial charge in [-0.3, -0.25) is 0 Å². The molecule has 0 N–H and O–H groups in total. The molecule has 0 aliphatic rings. The third-order valence-electron chi connectivity index (χ3n) is 1.84. The van der Waals surface area contributed by atoms with Crippen molar-refractivity contribution in [1.82, 2.24) is 4.98 Å². The maximum Gasteiger partial charge on any atom is 0.573 e. The van der Waals surface area contributed by atoms with Crippen molar-refractivity contribution in [2.24, 2.45) is 0 Å². The minimum Gasteiger partial charge on any atom is -0.406 e. The third-order valence-corrected chi connectivity index (χ3v) is 3.20. The molecule has 1 aromatic heterocycles. The van der Waals surface area contributed by atoms with Crippen LogP contribution in [-0.4, -0.2) is 11.3 Å². The second-order valence-electron chi connectivity index (χ2n) is 3.06. The van der Waals surface area contributed by atoms with Gasteiger partial charge in [-0.05, 0) is 28.1 Å². The minimum atomic E-state index is -4.68. The largest absolute Gasteiger partial charge is 0.573 e. The van der Waals surface area contributed by atoms with Crippen molar-refractivity contribution in [3.8, 4) is 17.0 Å². The predicted octanol–water partition coefficient (Wildman–Crippen LogP) is 4.47. The Bertz CT molecular complexity index is 526. The molecular weight excluding hydrogens is 319 g/mol. The van der Waals surface area contributed by atoms with Crippen LogP contribution in [0.1, 0.15) is 0 Å². The molecule has 0 saturated heterocycles. The summed E-state index contributed by atoms with van der Waals surface area (Å²) in [5.74, 6) is -0.251. The highest BCUT2D eigenvalue weighted by Crippen LogP contribution is 2.29. The molecule has 2 aromatic rings. The molecule has 0 unspecified atom stereocenters. The van der Waals surface area contributed by atoms with E-state index in [0.717, 1.165) is 0 Å². The molecular formula is C10H5BrF3NOS. The molecule has 0 fully saturated rings. The first-order valence-electron chi connectivity index (χ1n) is 4.41. The fraction of sp³-hybridized carbons (Fsp3) is 0.100. The van der Waals surface area contributed by atoms with E-state index in [1.54, 1.807) is 11.4 Å². The fourth-order valence-corrected chi connectivity index (χ4v) is 2.26. The topological polar surface area (TPSA) is 22.1 Å². The molecule has 7 heteroatoms. The van der Waals surface area contributed by atoms with E-state index in [1.165, 1.54) is 29.5 Å². The lowest BCUT2D eigenvalue weighted by molar-refractivity contribution is -0.274. The lowest BCUT2D eigenvalue weighted by Crippen LogP contribution is -2.17. The summed E-state index contributed by atoms with van der Waals surface area (Å²) in [6.45, 7) is 0. The number of hydrogen-bond acceptors (Lipinski definition) is 3. The van der Waals surface area contributed by atoms with Crippen molar-refractivity contribution in [3.05, 3.63) is 33.6 Å². The summed E-state index contributed by atoms with van der Waals surface area (Å²) in [5.41, 5.74) is 1.18. The van der Waals surface area contributed by atoms with Crippen molar-refractivity contribution in [1.29, 1.82) is 0 Å². The lowest BCUT2D eigenvalue weighted by Gasteiger charge is -2.09. The molecule has 0 atom stereocenters. The van der Waals surface area contributed by atoms with Crippen LogP contribution in [0.4, 0.5) is 13.2 Å². The molecule has 90 valence electrons. The Hall–Kier alpha value is -1.08. The number of ether oxygens (including phenoxy) is 1. The first-order valence-corrected chi connectivity index (χ1v) is 6.08. The minimum absolute atomic E-state index is 0.251. The zero-order valence-corrected chi connectivity index (χ0v) is 10.6. The van der Waals surface area contributed by atoms with Gasteiger partial charge in [-0.2, -0.15) is 0 Å². The second kappa shape index (κ2) is 4.66. The van der Waals surface area contributed by atoms with E-state index in [2.05, 4.69) is 25.7 Å². The van der Waals surface area contributed by atoms with E-state index < -0.39 is 6.36 Å². The average Bonchev–Trinajstić information content (AvgIpc) is 2.63. The maximum atomic E-state index is 12.0. The molecule has 1 heterocycles. The first kappa shape index (κ1) is 12.4. The van der Waals surface area contributed by atoms with Crippen LogP contribution in [0.2, 0.25) is 0 Å². The number of thiazole rings is 1. The van der Waals surface area contributed by atoms with Gasteiger partial charge in [0.25, 0.3) is 0 Å². The van der Waals surface area contributed by atoms with Crippen LogP contribution in [0.25, 0.3) is 11.3 Å². The summed E-state index contributed by atoms with van der Waals surface area (Å²) >= 11 is 4.55. The number of nitrogens with zero attached hydrogens (tertiary/aromatic N) is 1. The zero-order chi connectivity index (χ0) is 12.5. The smallest absolute Gasteiger partial charge is 0.406 e. The van der Waals surface area contributed by atoms with E-state index in [1.807, 2.05) is 0 Å². The molecule has 17 heavy (non-hydrogen) atoms. The quantitative estimate of drug-likeness (QED) is 0.813. The number of rotatable bonds is 2. The van der Waals surface area contributed by atoms with Crippen LogP contribution in [0.3, 0.4) is 0 Å². The van der Waals surface area contributed by atoms with Gasteiger partial charge in [-0.15, -0.1) is 24.5 Å². The molecule has 0 amide bonds. The molecule has 2 nitrogen and oxygen atoms in total. The number of benzene rings is 1. The number of alkyl halides is 3. The van der Waals surface area contributed by atoms with E-state index in [-0.39, 0.29) is 5.75 Å². The van der Waals surface area contributed by atoms with Crippen LogP contribution in [0.5, 0.6) is 5.75 Å². The highest BCUT2D eigenvalue weighted by molar-refractivity contribution is 9.11. The Morgan fingerprint density at radius 2 is 2.06 bits per heavy atom. The summed E-state index contributed by atoms with van der Waals surface area (Å²) in [6.07, 6.45) is -4.68. The van der Waals surface area contributed by atoms with Crippen molar-refractivity contribution >= 4 is 27.3 Å². The second-order valence-corrected chi connectivity index (χ2v) is 5.20. The third kappa shape index (κ3) is 3.44. The summed E-state index contributed by atoms with van der Waals surface area (Å²) in [6, 6.07) is 5.71. The standard InChI is InChI=1S/C10H5BrF3NOS/c11-9-15-8(5-17-9)6-2-1-3-7(4-6)16-10(12,13)14/h1-5H. The van der Waals surface area contributed by atoms with E-state index in [4.69, 9.17) is 0 Å². The van der Waals surface area contributed by atoms with Gasteiger partial charge in [-0.1, -0.05) is 12.1 Å². The summed E-state index contributed by atoms with van der Waals surface area (Å²) in [4.78, 5) is 4.12. The Balaban J connectivity index is 2.29. The average molecular weight is 324 g/mol. The van der Waals surface area contributed by atoms with Gasteiger partial charge in [0.15, 0.2) is 3.92 Å². The van der Waals surface area contributed by atoms with E-state index in [0.29, 0.717) is 15.2 Å². The lowest BCUT2D eigenvalue weighted by atomic mass is 10.2. The van der Waals surface area contributed by atoms with Crippen molar-refractivity contribution in [3.63, 3.8) is 0 Å². The number of aromatic nitrogens is 1. The zero-order valence-electron chi connectivity index (χ0n) is 8.16. The van der Waals surface area contributed by atoms with Gasteiger partial charge in [0.2, 0.25) is 0 Å². The molecule has 1 aromatic carbocycles. The Morgan fingerprint density at radius 1 is 1.29 bits per heavy atom. The van der Waals surface area contributed by atoms with Crippen molar-refractivity contribution in [2.75, 3.05) is 0 Å². The highest BCUT2D eigenvalue weighted by Gasteiger charge is 2.31. The summed E-state index contributed by atoms with van der Waals surface area (Å²) in [7, 11) is 0. The van der Waals surface area contributed by atoms with Gasteiger partial charge in [0.1, 0.15) is 5.75 Å². The van der Waals surface area contributed by atoms with Crippen molar-refractivity contribution < 1.29 is 17.9 Å². The fourth-order valence-electron chi connectivity index (χ4n) is 1.24. The Labute approximate surface area is 107 Å². The molecule has 0 aliphatic carbocycles. The van der Waals surface area contributed by atoms with Crippen LogP contribution in [0, 0.1) is 0 Å². The van der Waals surface area contributed by atoms with Gasteiger partial charge >= 0.3 is 6.36 Å².